The number of esters is 1. The molecule has 1 amide bonds. The van der Waals surface area contributed by atoms with Crippen LogP contribution in [0.1, 0.15) is 61.1 Å². The Hall–Kier alpha value is -3.36. The van der Waals surface area contributed by atoms with Gasteiger partial charge in [-0.15, -0.1) is 0 Å². The van der Waals surface area contributed by atoms with Crippen molar-refractivity contribution in [3.8, 4) is 11.6 Å². The lowest BCUT2D eigenvalue weighted by molar-refractivity contribution is 0.0203. The van der Waals surface area contributed by atoms with Gasteiger partial charge in [-0.3, -0.25) is 0 Å². The number of rotatable bonds is 6. The standard InChI is InChI=1S/C25H31FN2O6/c1-25(2,3)34-24(30)28-11-9-16(10-12-28)20-7-6-8-22(27-20)33-15-18-19(26)13-17(23(29)32-5)14-21(18)31-4/h6-8,13-14,16H,9-12,15H2,1-5H3. The number of ether oxygens (including phenoxy) is 4. The van der Waals surface area contributed by atoms with E-state index in [0.717, 1.165) is 24.6 Å². The van der Waals surface area contributed by atoms with Gasteiger partial charge in [-0.1, -0.05) is 6.07 Å². The van der Waals surface area contributed by atoms with Crippen LogP contribution in [0.4, 0.5) is 9.18 Å². The monoisotopic (exact) mass is 474 g/mol. The van der Waals surface area contributed by atoms with Crippen LogP contribution in [0, 0.1) is 5.82 Å². The Balaban J connectivity index is 1.64. The van der Waals surface area contributed by atoms with E-state index in [0.29, 0.717) is 19.0 Å². The molecule has 0 aliphatic carbocycles. The molecule has 0 unspecified atom stereocenters. The van der Waals surface area contributed by atoms with Crippen molar-refractivity contribution < 1.29 is 32.9 Å². The number of carbonyl (C=O) groups excluding carboxylic acids is 2. The third-order valence-electron chi connectivity index (χ3n) is 5.47. The number of amides is 1. The van der Waals surface area contributed by atoms with Crippen molar-refractivity contribution in [3.05, 3.63) is 53.0 Å². The molecule has 0 bridgehead atoms. The Morgan fingerprint density at radius 1 is 1.15 bits per heavy atom. The van der Waals surface area contributed by atoms with E-state index in [1.807, 2.05) is 32.9 Å². The number of piperidine rings is 1. The molecule has 0 atom stereocenters. The number of pyridine rings is 1. The Morgan fingerprint density at radius 2 is 1.85 bits per heavy atom. The minimum absolute atomic E-state index is 0.0541. The maximum Gasteiger partial charge on any atom is 0.410 e. The summed E-state index contributed by atoms with van der Waals surface area (Å²) in [5.41, 5.74) is 0.560. The zero-order valence-electron chi connectivity index (χ0n) is 20.2. The smallest absolute Gasteiger partial charge is 0.410 e. The quantitative estimate of drug-likeness (QED) is 0.561. The van der Waals surface area contributed by atoms with Gasteiger partial charge in [0.05, 0.1) is 25.3 Å². The van der Waals surface area contributed by atoms with Gasteiger partial charge in [0.2, 0.25) is 5.88 Å². The predicted molar refractivity (Wildman–Crippen MR) is 123 cm³/mol. The number of nitrogens with zero attached hydrogens (tertiary/aromatic N) is 2. The molecule has 0 spiro atoms. The van der Waals surface area contributed by atoms with Gasteiger partial charge in [-0.05, 0) is 51.8 Å². The largest absolute Gasteiger partial charge is 0.496 e. The van der Waals surface area contributed by atoms with Crippen LogP contribution in [-0.4, -0.2) is 54.9 Å². The van der Waals surface area contributed by atoms with Gasteiger partial charge in [-0.25, -0.2) is 19.0 Å². The number of carbonyl (C=O) groups is 2. The van der Waals surface area contributed by atoms with Crippen molar-refractivity contribution in [1.29, 1.82) is 0 Å². The molecule has 2 heterocycles. The topological polar surface area (TPSA) is 87.2 Å². The first-order chi connectivity index (χ1) is 16.1. The van der Waals surface area contributed by atoms with E-state index in [-0.39, 0.29) is 35.5 Å². The number of aromatic nitrogens is 1. The van der Waals surface area contributed by atoms with Crippen LogP contribution >= 0.6 is 0 Å². The minimum atomic E-state index is -0.656. The summed E-state index contributed by atoms with van der Waals surface area (Å²) >= 11 is 0. The number of hydrogen-bond donors (Lipinski definition) is 0. The van der Waals surface area contributed by atoms with Gasteiger partial charge in [0.1, 0.15) is 23.8 Å². The van der Waals surface area contributed by atoms with Crippen LogP contribution in [-0.2, 0) is 16.1 Å². The first kappa shape index (κ1) is 25.3. The van der Waals surface area contributed by atoms with Gasteiger partial charge in [0.15, 0.2) is 0 Å². The molecule has 1 aliphatic heterocycles. The molecule has 0 saturated carbocycles. The van der Waals surface area contributed by atoms with Gasteiger partial charge in [-0.2, -0.15) is 0 Å². The predicted octanol–water partition coefficient (Wildman–Crippen LogP) is 4.71. The molecule has 3 rings (SSSR count). The van der Waals surface area contributed by atoms with Gasteiger partial charge in [0.25, 0.3) is 0 Å². The van der Waals surface area contributed by atoms with Gasteiger partial charge < -0.3 is 23.8 Å². The molecule has 0 radical (unpaired) electrons. The minimum Gasteiger partial charge on any atom is -0.496 e. The molecule has 184 valence electrons. The Morgan fingerprint density at radius 3 is 2.47 bits per heavy atom. The lowest BCUT2D eigenvalue weighted by Gasteiger charge is -2.33. The van der Waals surface area contributed by atoms with E-state index in [9.17, 15) is 14.0 Å². The van der Waals surface area contributed by atoms with Gasteiger partial charge in [0, 0.05) is 30.8 Å². The van der Waals surface area contributed by atoms with Crippen molar-refractivity contribution in [1.82, 2.24) is 9.88 Å². The molecular weight excluding hydrogens is 443 g/mol. The fourth-order valence-electron chi connectivity index (χ4n) is 3.74. The van der Waals surface area contributed by atoms with Crippen LogP contribution in [0.25, 0.3) is 0 Å². The summed E-state index contributed by atoms with van der Waals surface area (Å²) in [5.74, 6) is -0.577. The molecule has 1 aliphatic rings. The molecule has 2 aromatic rings. The van der Waals surface area contributed by atoms with E-state index in [4.69, 9.17) is 14.2 Å². The summed E-state index contributed by atoms with van der Waals surface area (Å²) < 4.78 is 35.7. The summed E-state index contributed by atoms with van der Waals surface area (Å²) in [5, 5.41) is 0. The molecule has 34 heavy (non-hydrogen) atoms. The second-order valence-electron chi connectivity index (χ2n) is 9.06. The second kappa shape index (κ2) is 10.7. The van der Waals surface area contributed by atoms with Crippen LogP contribution in [0.2, 0.25) is 0 Å². The highest BCUT2D eigenvalue weighted by atomic mass is 19.1. The molecular formula is C25H31FN2O6. The molecule has 1 aromatic carbocycles. The summed E-state index contributed by atoms with van der Waals surface area (Å²) in [4.78, 5) is 30.3. The number of methoxy groups -OCH3 is 2. The molecule has 0 N–H and O–H groups in total. The Kier molecular flexibility index (Phi) is 7.96. The van der Waals surface area contributed by atoms with Crippen molar-refractivity contribution >= 4 is 12.1 Å². The lowest BCUT2D eigenvalue weighted by Crippen LogP contribution is -2.41. The summed E-state index contributed by atoms with van der Waals surface area (Å²) in [6, 6.07) is 7.97. The number of benzene rings is 1. The highest BCUT2D eigenvalue weighted by molar-refractivity contribution is 5.90. The maximum absolute atomic E-state index is 14.6. The first-order valence-corrected chi connectivity index (χ1v) is 11.1. The van der Waals surface area contributed by atoms with Crippen LogP contribution < -0.4 is 9.47 Å². The zero-order valence-corrected chi connectivity index (χ0v) is 20.2. The Bertz CT molecular complexity index is 1030. The fourth-order valence-corrected chi connectivity index (χ4v) is 3.74. The van der Waals surface area contributed by atoms with Crippen LogP contribution in [0.3, 0.4) is 0 Å². The summed E-state index contributed by atoms with van der Waals surface area (Å²) in [7, 11) is 2.62. The zero-order chi connectivity index (χ0) is 24.9. The maximum atomic E-state index is 14.6. The fraction of sp³-hybridized carbons (Fsp3) is 0.480. The van der Waals surface area contributed by atoms with E-state index < -0.39 is 17.4 Å². The molecule has 9 heteroatoms. The molecule has 1 saturated heterocycles. The summed E-state index contributed by atoms with van der Waals surface area (Å²) in [6.45, 7) is 6.60. The SMILES string of the molecule is COC(=O)c1cc(F)c(COc2cccc(C3CCN(C(=O)OC(C)(C)C)CC3)n2)c(OC)c1. The van der Waals surface area contributed by atoms with E-state index >= 15 is 0 Å². The average molecular weight is 475 g/mol. The van der Waals surface area contributed by atoms with Crippen LogP contribution in [0.15, 0.2) is 30.3 Å². The highest BCUT2D eigenvalue weighted by Crippen LogP contribution is 2.30. The first-order valence-electron chi connectivity index (χ1n) is 11.1. The van der Waals surface area contributed by atoms with Crippen molar-refractivity contribution in [2.45, 2.75) is 51.7 Å². The third-order valence-corrected chi connectivity index (χ3v) is 5.47. The number of hydrogen-bond acceptors (Lipinski definition) is 7. The van der Waals surface area contributed by atoms with E-state index in [2.05, 4.69) is 9.72 Å². The van der Waals surface area contributed by atoms with Crippen LogP contribution in [0.5, 0.6) is 11.6 Å². The molecule has 8 nitrogen and oxygen atoms in total. The summed E-state index contributed by atoms with van der Waals surface area (Å²) in [6.07, 6.45) is 1.21. The van der Waals surface area contributed by atoms with Crippen molar-refractivity contribution in [3.63, 3.8) is 0 Å². The third kappa shape index (κ3) is 6.36. The Labute approximate surface area is 199 Å². The van der Waals surface area contributed by atoms with E-state index in [1.165, 1.54) is 20.3 Å². The van der Waals surface area contributed by atoms with Gasteiger partial charge >= 0.3 is 12.1 Å². The van der Waals surface area contributed by atoms with Crippen molar-refractivity contribution in [2.24, 2.45) is 0 Å². The second-order valence-corrected chi connectivity index (χ2v) is 9.06. The number of halogens is 1. The molecule has 1 aromatic heterocycles. The number of likely N-dealkylation sites (tertiary alicyclic amines) is 1. The molecule has 1 fully saturated rings. The average Bonchev–Trinajstić information content (AvgIpc) is 2.81. The lowest BCUT2D eigenvalue weighted by atomic mass is 9.93. The van der Waals surface area contributed by atoms with E-state index in [1.54, 1.807) is 11.0 Å². The highest BCUT2D eigenvalue weighted by Gasteiger charge is 2.28. The normalized spacial score (nSPS) is 14.5. The van der Waals surface area contributed by atoms with Crippen molar-refractivity contribution in [2.75, 3.05) is 27.3 Å².